The monoisotopic (exact) mass is 234 g/mol. The molecular weight excluding hydrogens is 214 g/mol. The van der Waals surface area contributed by atoms with Crippen LogP contribution >= 0.6 is 0 Å². The molecule has 1 aliphatic heterocycles. The van der Waals surface area contributed by atoms with E-state index in [-0.39, 0.29) is 0 Å². The van der Waals surface area contributed by atoms with E-state index in [1.807, 2.05) is 0 Å². The van der Waals surface area contributed by atoms with Gasteiger partial charge in [-0.2, -0.15) is 8.78 Å². The highest BCUT2D eigenvalue weighted by atomic mass is 19.3. The van der Waals surface area contributed by atoms with E-state index >= 15 is 0 Å². The number of piperidine rings is 1. The van der Waals surface area contributed by atoms with Crippen molar-refractivity contribution in [2.24, 2.45) is 5.92 Å². The Kier molecular flexibility index (Phi) is 5.66. The molecule has 0 atom stereocenters. The average Bonchev–Trinajstić information content (AvgIpc) is 2.29. The zero-order chi connectivity index (χ0) is 12.0. The minimum Gasteiger partial charge on any atom is -0.338 e. The number of likely N-dealkylation sites (tertiary alicyclic amines) is 1. The van der Waals surface area contributed by atoms with Crippen LogP contribution < -0.4 is 5.32 Å². The van der Waals surface area contributed by atoms with Crippen LogP contribution in [-0.4, -0.2) is 43.4 Å². The molecule has 1 saturated heterocycles. The van der Waals surface area contributed by atoms with Crippen molar-refractivity contribution in [2.75, 3.05) is 26.2 Å². The van der Waals surface area contributed by atoms with Gasteiger partial charge in [-0.3, -0.25) is 4.79 Å². The lowest BCUT2D eigenvalue weighted by molar-refractivity contribution is -0.144. The van der Waals surface area contributed by atoms with Crippen LogP contribution in [0.5, 0.6) is 0 Å². The van der Waals surface area contributed by atoms with Gasteiger partial charge in [0.2, 0.25) is 0 Å². The molecule has 0 aromatic heterocycles. The van der Waals surface area contributed by atoms with Gasteiger partial charge in [0.15, 0.2) is 0 Å². The molecule has 16 heavy (non-hydrogen) atoms. The van der Waals surface area contributed by atoms with Gasteiger partial charge >= 0.3 is 6.43 Å². The van der Waals surface area contributed by atoms with Crippen LogP contribution in [-0.2, 0) is 4.79 Å². The van der Waals surface area contributed by atoms with Crippen LogP contribution in [0.3, 0.4) is 0 Å². The van der Waals surface area contributed by atoms with Gasteiger partial charge in [0.1, 0.15) is 0 Å². The molecule has 0 aromatic rings. The largest absolute Gasteiger partial charge is 0.338 e. The first-order valence-electron chi connectivity index (χ1n) is 5.92. The van der Waals surface area contributed by atoms with Gasteiger partial charge in [-0.15, -0.1) is 0 Å². The van der Waals surface area contributed by atoms with Gasteiger partial charge < -0.3 is 10.2 Å². The summed E-state index contributed by atoms with van der Waals surface area (Å²) in [5.41, 5.74) is 0. The van der Waals surface area contributed by atoms with Crippen molar-refractivity contribution >= 4 is 5.91 Å². The molecule has 0 saturated carbocycles. The van der Waals surface area contributed by atoms with Gasteiger partial charge in [-0.1, -0.05) is 6.92 Å². The Morgan fingerprint density at radius 2 is 2.06 bits per heavy atom. The zero-order valence-electron chi connectivity index (χ0n) is 9.72. The molecule has 3 nitrogen and oxygen atoms in total. The second-order valence-electron chi connectivity index (χ2n) is 4.21. The highest BCUT2D eigenvalue weighted by Crippen LogP contribution is 2.20. The number of halogens is 2. The van der Waals surface area contributed by atoms with E-state index in [0.717, 1.165) is 32.4 Å². The van der Waals surface area contributed by atoms with Crippen LogP contribution in [0.25, 0.3) is 0 Å². The summed E-state index contributed by atoms with van der Waals surface area (Å²) in [7, 11) is 0. The maximum absolute atomic E-state index is 12.2. The van der Waals surface area contributed by atoms with Crippen LogP contribution in [0.2, 0.25) is 0 Å². The van der Waals surface area contributed by atoms with Crippen molar-refractivity contribution in [3.63, 3.8) is 0 Å². The Balaban J connectivity index is 2.20. The molecule has 94 valence electrons. The smallest absolute Gasteiger partial charge is 0.315 e. The molecule has 0 unspecified atom stereocenters. The standard InChI is InChI=1S/C11H20F2N2O/c1-2-14-6-3-9-4-7-15(8-5-9)11(16)10(12)13/h9-10,14H,2-8H2,1H3. The summed E-state index contributed by atoms with van der Waals surface area (Å²) in [6, 6.07) is 0. The molecule has 1 fully saturated rings. The number of amides is 1. The quantitative estimate of drug-likeness (QED) is 0.731. The van der Waals surface area contributed by atoms with Crippen molar-refractivity contribution in [1.82, 2.24) is 10.2 Å². The summed E-state index contributed by atoms with van der Waals surface area (Å²) in [6.07, 6.45) is -0.0727. The van der Waals surface area contributed by atoms with E-state index in [1.54, 1.807) is 0 Å². The van der Waals surface area contributed by atoms with E-state index < -0.39 is 12.3 Å². The third kappa shape index (κ3) is 4.04. The number of carbonyl (C=O) groups excluding carboxylic acids is 1. The lowest BCUT2D eigenvalue weighted by Crippen LogP contribution is -2.41. The van der Waals surface area contributed by atoms with Crippen LogP contribution in [0.1, 0.15) is 26.2 Å². The molecule has 0 radical (unpaired) electrons. The molecule has 1 amide bonds. The molecule has 0 bridgehead atoms. The highest BCUT2D eigenvalue weighted by Gasteiger charge is 2.27. The van der Waals surface area contributed by atoms with Gasteiger partial charge in [0, 0.05) is 13.1 Å². The first-order valence-corrected chi connectivity index (χ1v) is 5.92. The van der Waals surface area contributed by atoms with Crippen molar-refractivity contribution in [2.45, 2.75) is 32.6 Å². The van der Waals surface area contributed by atoms with Crippen molar-refractivity contribution < 1.29 is 13.6 Å². The minimum absolute atomic E-state index is 0.486. The molecular formula is C11H20F2N2O. The predicted molar refractivity (Wildman–Crippen MR) is 58.5 cm³/mol. The van der Waals surface area contributed by atoms with Gasteiger partial charge in [0.05, 0.1) is 0 Å². The maximum atomic E-state index is 12.2. The van der Waals surface area contributed by atoms with E-state index in [2.05, 4.69) is 12.2 Å². The van der Waals surface area contributed by atoms with Gasteiger partial charge in [-0.05, 0) is 38.3 Å². The van der Waals surface area contributed by atoms with Crippen molar-refractivity contribution in [1.29, 1.82) is 0 Å². The summed E-state index contributed by atoms with van der Waals surface area (Å²) >= 11 is 0. The van der Waals surface area contributed by atoms with Crippen LogP contribution in [0.15, 0.2) is 0 Å². The number of rotatable bonds is 5. The SMILES string of the molecule is CCNCCC1CCN(C(=O)C(F)F)CC1. The average molecular weight is 234 g/mol. The summed E-state index contributed by atoms with van der Waals surface area (Å²) in [4.78, 5) is 12.3. The van der Waals surface area contributed by atoms with Gasteiger partial charge in [-0.25, -0.2) is 0 Å². The molecule has 0 spiro atoms. The van der Waals surface area contributed by atoms with Gasteiger partial charge in [0.25, 0.3) is 5.91 Å². The first-order chi connectivity index (χ1) is 7.65. The lowest BCUT2D eigenvalue weighted by Gasteiger charge is -2.31. The molecule has 1 heterocycles. The normalized spacial score (nSPS) is 18.1. The fourth-order valence-electron chi connectivity index (χ4n) is 2.06. The van der Waals surface area contributed by atoms with Crippen molar-refractivity contribution in [3.05, 3.63) is 0 Å². The molecule has 1 aliphatic rings. The topological polar surface area (TPSA) is 32.3 Å². The Morgan fingerprint density at radius 1 is 1.44 bits per heavy atom. The number of nitrogens with zero attached hydrogens (tertiary/aromatic N) is 1. The van der Waals surface area contributed by atoms with Crippen LogP contribution in [0, 0.1) is 5.92 Å². The van der Waals surface area contributed by atoms with E-state index in [0.29, 0.717) is 19.0 Å². The Hall–Kier alpha value is -0.710. The molecule has 1 rings (SSSR count). The van der Waals surface area contributed by atoms with E-state index in [4.69, 9.17) is 0 Å². The number of hydrogen-bond donors (Lipinski definition) is 1. The molecule has 1 N–H and O–H groups in total. The fraction of sp³-hybridized carbons (Fsp3) is 0.909. The molecule has 0 aromatic carbocycles. The van der Waals surface area contributed by atoms with E-state index in [1.165, 1.54) is 4.90 Å². The first kappa shape index (κ1) is 13.4. The maximum Gasteiger partial charge on any atom is 0.315 e. The van der Waals surface area contributed by atoms with E-state index in [9.17, 15) is 13.6 Å². The molecule has 5 heteroatoms. The number of alkyl halides is 2. The summed E-state index contributed by atoms with van der Waals surface area (Å²) in [6.45, 7) is 4.97. The third-order valence-electron chi connectivity index (χ3n) is 3.09. The second kappa shape index (κ2) is 6.78. The summed E-state index contributed by atoms with van der Waals surface area (Å²) in [5.74, 6) is -0.439. The Morgan fingerprint density at radius 3 is 2.56 bits per heavy atom. The van der Waals surface area contributed by atoms with Crippen LogP contribution in [0.4, 0.5) is 8.78 Å². The Labute approximate surface area is 95.2 Å². The predicted octanol–water partition coefficient (Wildman–Crippen LogP) is 1.49. The number of carbonyl (C=O) groups is 1. The fourth-order valence-corrected chi connectivity index (χ4v) is 2.06. The summed E-state index contributed by atoms with van der Waals surface area (Å²) in [5, 5.41) is 3.25. The highest BCUT2D eigenvalue weighted by molar-refractivity contribution is 5.79. The Bertz CT molecular complexity index is 216. The number of hydrogen-bond acceptors (Lipinski definition) is 2. The summed E-state index contributed by atoms with van der Waals surface area (Å²) < 4.78 is 24.3. The van der Waals surface area contributed by atoms with Crippen molar-refractivity contribution in [3.8, 4) is 0 Å². The third-order valence-corrected chi connectivity index (χ3v) is 3.09. The lowest BCUT2D eigenvalue weighted by atomic mass is 9.93. The minimum atomic E-state index is -2.85. The number of nitrogens with one attached hydrogen (secondary N) is 1. The zero-order valence-corrected chi connectivity index (χ0v) is 9.72. The molecule has 0 aliphatic carbocycles. The second-order valence-corrected chi connectivity index (χ2v) is 4.21.